The molecule has 17 heavy (non-hydrogen) atoms. The van der Waals surface area contributed by atoms with Crippen LogP contribution in [0.15, 0.2) is 28.8 Å². The Morgan fingerprint density at radius 2 is 2.06 bits per heavy atom. The standard InChI is InChI=1S/C12H12FN3O/c13-9-3-1-8(2-4-9)12-15-11(16-17-12)7-14-10-5-6-10/h1-4,10,14H,5-7H2. The number of nitrogens with zero attached hydrogens (tertiary/aromatic N) is 2. The van der Waals surface area contributed by atoms with Gasteiger partial charge in [-0.2, -0.15) is 4.98 Å². The molecule has 0 bridgehead atoms. The van der Waals surface area contributed by atoms with Gasteiger partial charge >= 0.3 is 0 Å². The van der Waals surface area contributed by atoms with Crippen LogP contribution in [-0.4, -0.2) is 16.2 Å². The predicted octanol–water partition coefficient (Wildman–Crippen LogP) is 2.13. The molecule has 88 valence electrons. The Kier molecular flexibility index (Phi) is 2.60. The molecule has 0 atom stereocenters. The number of hydrogen-bond acceptors (Lipinski definition) is 4. The average Bonchev–Trinajstić information content (AvgIpc) is 3.06. The van der Waals surface area contributed by atoms with Crippen LogP contribution in [0.2, 0.25) is 0 Å². The van der Waals surface area contributed by atoms with E-state index in [0.29, 0.717) is 24.3 Å². The molecule has 1 aromatic carbocycles. The van der Waals surface area contributed by atoms with Gasteiger partial charge < -0.3 is 9.84 Å². The molecule has 5 heteroatoms. The molecule has 1 aliphatic carbocycles. The lowest BCUT2D eigenvalue weighted by atomic mass is 10.2. The fourth-order valence-corrected chi connectivity index (χ4v) is 1.56. The smallest absolute Gasteiger partial charge is 0.257 e. The van der Waals surface area contributed by atoms with Crippen LogP contribution in [0.1, 0.15) is 18.7 Å². The van der Waals surface area contributed by atoms with Gasteiger partial charge in [-0.1, -0.05) is 5.16 Å². The van der Waals surface area contributed by atoms with Crippen molar-refractivity contribution in [2.24, 2.45) is 0 Å². The van der Waals surface area contributed by atoms with Crippen LogP contribution in [0, 0.1) is 5.82 Å². The van der Waals surface area contributed by atoms with E-state index in [-0.39, 0.29) is 5.82 Å². The van der Waals surface area contributed by atoms with Crippen LogP contribution in [-0.2, 0) is 6.54 Å². The molecule has 1 aromatic heterocycles. The molecular formula is C12H12FN3O. The average molecular weight is 233 g/mol. The number of aromatic nitrogens is 2. The first-order valence-corrected chi connectivity index (χ1v) is 5.63. The van der Waals surface area contributed by atoms with Gasteiger partial charge in [0.25, 0.3) is 5.89 Å². The highest BCUT2D eigenvalue weighted by molar-refractivity contribution is 5.52. The van der Waals surface area contributed by atoms with Crippen LogP contribution in [0.4, 0.5) is 4.39 Å². The highest BCUT2D eigenvalue weighted by Gasteiger charge is 2.21. The zero-order valence-electron chi connectivity index (χ0n) is 9.19. The van der Waals surface area contributed by atoms with E-state index in [0.717, 1.165) is 5.56 Å². The number of halogens is 1. The lowest BCUT2D eigenvalue weighted by Gasteiger charge is -1.95. The molecule has 0 aliphatic heterocycles. The topological polar surface area (TPSA) is 51.0 Å². The van der Waals surface area contributed by atoms with Crippen LogP contribution in [0.3, 0.4) is 0 Å². The Hall–Kier alpha value is -1.75. The van der Waals surface area contributed by atoms with Crippen LogP contribution < -0.4 is 5.32 Å². The van der Waals surface area contributed by atoms with Crippen molar-refractivity contribution < 1.29 is 8.91 Å². The number of rotatable bonds is 4. The van der Waals surface area contributed by atoms with Gasteiger partial charge in [0.2, 0.25) is 0 Å². The highest BCUT2D eigenvalue weighted by Crippen LogP contribution is 2.20. The predicted molar refractivity (Wildman–Crippen MR) is 59.6 cm³/mol. The summed E-state index contributed by atoms with van der Waals surface area (Å²) in [5.41, 5.74) is 0.733. The van der Waals surface area contributed by atoms with Gasteiger partial charge in [0.1, 0.15) is 5.82 Å². The van der Waals surface area contributed by atoms with Crippen molar-refractivity contribution in [1.29, 1.82) is 0 Å². The largest absolute Gasteiger partial charge is 0.334 e. The fourth-order valence-electron chi connectivity index (χ4n) is 1.56. The first kappa shape index (κ1) is 10.4. The van der Waals surface area contributed by atoms with Gasteiger partial charge in [-0.3, -0.25) is 0 Å². The number of benzene rings is 1. The molecule has 0 spiro atoms. The van der Waals surface area contributed by atoms with Crippen LogP contribution >= 0.6 is 0 Å². The zero-order valence-corrected chi connectivity index (χ0v) is 9.19. The Balaban J connectivity index is 1.72. The van der Waals surface area contributed by atoms with Gasteiger partial charge in [-0.25, -0.2) is 4.39 Å². The van der Waals surface area contributed by atoms with Gasteiger partial charge in [0.05, 0.1) is 6.54 Å². The minimum absolute atomic E-state index is 0.274. The second-order valence-electron chi connectivity index (χ2n) is 4.18. The molecule has 4 nitrogen and oxygen atoms in total. The quantitative estimate of drug-likeness (QED) is 0.878. The van der Waals surface area contributed by atoms with Gasteiger partial charge in [0.15, 0.2) is 5.82 Å². The molecule has 0 amide bonds. The van der Waals surface area contributed by atoms with Crippen molar-refractivity contribution in [3.8, 4) is 11.5 Å². The summed E-state index contributed by atoms with van der Waals surface area (Å²) in [4.78, 5) is 4.25. The third-order valence-corrected chi connectivity index (χ3v) is 2.69. The first-order chi connectivity index (χ1) is 8.31. The maximum atomic E-state index is 12.7. The van der Waals surface area contributed by atoms with E-state index in [1.807, 2.05) is 0 Å². The Morgan fingerprint density at radius 1 is 1.29 bits per heavy atom. The molecule has 0 radical (unpaired) electrons. The van der Waals surface area contributed by atoms with Crippen LogP contribution in [0.5, 0.6) is 0 Å². The molecule has 1 aliphatic rings. The summed E-state index contributed by atoms with van der Waals surface area (Å²) in [5, 5.41) is 7.17. The third-order valence-electron chi connectivity index (χ3n) is 2.69. The van der Waals surface area contributed by atoms with E-state index in [1.165, 1.54) is 25.0 Å². The fraction of sp³-hybridized carbons (Fsp3) is 0.333. The highest BCUT2D eigenvalue weighted by atomic mass is 19.1. The summed E-state index contributed by atoms with van der Waals surface area (Å²) in [6.45, 7) is 0.620. The van der Waals surface area contributed by atoms with E-state index in [4.69, 9.17) is 4.52 Å². The van der Waals surface area contributed by atoms with Crippen molar-refractivity contribution >= 4 is 0 Å². The summed E-state index contributed by atoms with van der Waals surface area (Å²) in [7, 11) is 0. The third kappa shape index (κ3) is 2.50. The normalized spacial score (nSPS) is 15.1. The molecule has 1 heterocycles. The summed E-state index contributed by atoms with van der Waals surface area (Å²) in [5.74, 6) is 0.790. The maximum absolute atomic E-state index is 12.7. The van der Waals surface area contributed by atoms with Crippen molar-refractivity contribution in [1.82, 2.24) is 15.5 Å². The van der Waals surface area contributed by atoms with Crippen molar-refractivity contribution in [2.75, 3.05) is 0 Å². The molecular weight excluding hydrogens is 221 g/mol. The lowest BCUT2D eigenvalue weighted by molar-refractivity contribution is 0.419. The minimum Gasteiger partial charge on any atom is -0.334 e. The second-order valence-corrected chi connectivity index (χ2v) is 4.18. The summed E-state index contributed by atoms with van der Waals surface area (Å²) in [6, 6.07) is 6.62. The summed E-state index contributed by atoms with van der Waals surface area (Å²) >= 11 is 0. The van der Waals surface area contributed by atoms with E-state index in [2.05, 4.69) is 15.5 Å². The molecule has 3 rings (SSSR count). The van der Waals surface area contributed by atoms with E-state index >= 15 is 0 Å². The van der Waals surface area contributed by atoms with Crippen molar-refractivity contribution in [2.45, 2.75) is 25.4 Å². The zero-order chi connectivity index (χ0) is 11.7. The summed E-state index contributed by atoms with van der Waals surface area (Å²) < 4.78 is 17.9. The van der Waals surface area contributed by atoms with Crippen molar-refractivity contribution in [3.63, 3.8) is 0 Å². The molecule has 0 unspecified atom stereocenters. The van der Waals surface area contributed by atoms with E-state index in [1.54, 1.807) is 12.1 Å². The molecule has 1 saturated carbocycles. The first-order valence-electron chi connectivity index (χ1n) is 5.63. The van der Waals surface area contributed by atoms with Crippen LogP contribution in [0.25, 0.3) is 11.5 Å². The SMILES string of the molecule is Fc1ccc(-c2nc(CNC3CC3)no2)cc1. The number of hydrogen-bond donors (Lipinski definition) is 1. The second kappa shape index (κ2) is 4.25. The number of nitrogens with one attached hydrogen (secondary N) is 1. The van der Waals surface area contributed by atoms with E-state index in [9.17, 15) is 4.39 Å². The molecule has 0 saturated heterocycles. The maximum Gasteiger partial charge on any atom is 0.257 e. The monoisotopic (exact) mass is 233 g/mol. The molecule has 1 fully saturated rings. The van der Waals surface area contributed by atoms with Gasteiger partial charge in [-0.05, 0) is 37.1 Å². The van der Waals surface area contributed by atoms with E-state index < -0.39 is 0 Å². The van der Waals surface area contributed by atoms with Gasteiger partial charge in [-0.15, -0.1) is 0 Å². The molecule has 2 aromatic rings. The minimum atomic E-state index is -0.274. The Labute approximate surface area is 97.8 Å². The lowest BCUT2D eigenvalue weighted by Crippen LogP contribution is -2.16. The Morgan fingerprint density at radius 3 is 2.76 bits per heavy atom. The Bertz CT molecular complexity index is 505. The van der Waals surface area contributed by atoms with Gasteiger partial charge in [0, 0.05) is 11.6 Å². The summed E-state index contributed by atoms with van der Waals surface area (Å²) in [6.07, 6.45) is 2.45. The van der Waals surface area contributed by atoms with Crippen molar-refractivity contribution in [3.05, 3.63) is 35.9 Å². The molecule has 1 N–H and O–H groups in total.